The van der Waals surface area contributed by atoms with E-state index >= 15 is 0 Å². The van der Waals surface area contributed by atoms with Gasteiger partial charge in [-0.25, -0.2) is 0 Å². The summed E-state index contributed by atoms with van der Waals surface area (Å²) in [5.41, 5.74) is 2.68. The number of nitrogens with one attached hydrogen (secondary N) is 1. The summed E-state index contributed by atoms with van der Waals surface area (Å²) in [5, 5.41) is 14.1. The monoisotopic (exact) mass is 528 g/mol. The van der Waals surface area contributed by atoms with Crippen LogP contribution in [0, 0.1) is 16.7 Å². The molecule has 5 aromatic rings. The molecule has 4 aromatic carbocycles. The Labute approximate surface area is 234 Å². The summed E-state index contributed by atoms with van der Waals surface area (Å²) in [6.07, 6.45) is 1.96. The number of nitrogens with zero attached hydrogens (tertiary/aromatic N) is 3. The lowest BCUT2D eigenvalue weighted by Gasteiger charge is -2.41. The summed E-state index contributed by atoms with van der Waals surface area (Å²) >= 11 is 0. The highest BCUT2D eigenvalue weighted by Gasteiger charge is 2.47. The van der Waals surface area contributed by atoms with Crippen LogP contribution >= 0.6 is 0 Å². The SMILES string of the molecule is COc1ccccc1[C@H](c1cccc2ccccc12)[C@@](C)(C#N)C(=O)N1CCN(c2cccc3[nH]ccc23)CC1. The van der Waals surface area contributed by atoms with Crippen LogP contribution in [0.1, 0.15) is 24.0 Å². The van der Waals surface area contributed by atoms with Crippen LogP contribution in [0.25, 0.3) is 21.7 Å². The second-order valence-corrected chi connectivity index (χ2v) is 10.6. The Morgan fingerprint density at radius 3 is 2.38 bits per heavy atom. The standard InChI is InChI=1S/C34H32N4O2/c1-34(23-35,33(39)38-21-19-37(20-22-38)30-15-8-14-29-27(30)17-18-36-29)32(28-12-5-6-16-31(28)40-2)26-13-7-10-24-9-3-4-11-25(24)26/h3-18,32,36H,19-22H2,1-2H3/t32-,34+/m0/s1. The van der Waals surface area contributed by atoms with E-state index in [1.807, 2.05) is 59.6 Å². The van der Waals surface area contributed by atoms with E-state index in [4.69, 9.17) is 4.74 Å². The number of aromatic amines is 1. The van der Waals surface area contributed by atoms with Crippen molar-refractivity contribution in [1.82, 2.24) is 9.88 Å². The fourth-order valence-electron chi connectivity index (χ4n) is 6.26. The highest BCUT2D eigenvalue weighted by molar-refractivity contribution is 5.93. The molecule has 1 aromatic heterocycles. The van der Waals surface area contributed by atoms with Crippen LogP contribution in [0.2, 0.25) is 0 Å². The second kappa shape index (κ2) is 10.4. The number of benzene rings is 4. The van der Waals surface area contributed by atoms with Crippen molar-refractivity contribution in [2.24, 2.45) is 5.41 Å². The third-order valence-corrected chi connectivity index (χ3v) is 8.32. The number of H-pyrrole nitrogens is 1. The summed E-state index contributed by atoms with van der Waals surface area (Å²) in [7, 11) is 1.63. The number of piperazine rings is 1. The van der Waals surface area contributed by atoms with Crippen LogP contribution in [0.15, 0.2) is 97.2 Å². The number of amides is 1. The van der Waals surface area contributed by atoms with Crippen molar-refractivity contribution in [3.8, 4) is 11.8 Å². The molecule has 200 valence electrons. The minimum atomic E-state index is -1.36. The zero-order valence-corrected chi connectivity index (χ0v) is 22.8. The molecule has 6 heteroatoms. The van der Waals surface area contributed by atoms with Crippen molar-refractivity contribution < 1.29 is 9.53 Å². The Hall–Kier alpha value is -4.76. The van der Waals surface area contributed by atoms with E-state index in [9.17, 15) is 10.1 Å². The maximum atomic E-state index is 14.4. The molecule has 2 heterocycles. The van der Waals surface area contributed by atoms with Gasteiger partial charge in [-0.1, -0.05) is 66.7 Å². The number of methoxy groups -OCH3 is 1. The number of fused-ring (bicyclic) bond motifs is 2. The fraction of sp³-hybridized carbons (Fsp3) is 0.235. The number of hydrogen-bond acceptors (Lipinski definition) is 4. The predicted octanol–water partition coefficient (Wildman–Crippen LogP) is 6.34. The van der Waals surface area contributed by atoms with Gasteiger partial charge in [0.2, 0.25) is 5.91 Å². The van der Waals surface area contributed by atoms with Gasteiger partial charge in [0.15, 0.2) is 0 Å². The van der Waals surface area contributed by atoms with E-state index in [0.29, 0.717) is 31.9 Å². The average Bonchev–Trinajstić information content (AvgIpc) is 3.50. The lowest BCUT2D eigenvalue weighted by molar-refractivity contribution is -0.139. The normalized spacial score (nSPS) is 15.9. The van der Waals surface area contributed by atoms with E-state index in [0.717, 1.165) is 33.1 Å². The molecule has 1 aliphatic rings. The number of nitriles is 1. The molecule has 1 N–H and O–H groups in total. The summed E-state index contributed by atoms with van der Waals surface area (Å²) in [5.74, 6) is -0.0173. The number of anilines is 1. The molecule has 0 unspecified atom stereocenters. The molecule has 1 amide bonds. The van der Waals surface area contributed by atoms with Crippen molar-refractivity contribution in [3.63, 3.8) is 0 Å². The maximum absolute atomic E-state index is 14.4. The van der Waals surface area contributed by atoms with Crippen molar-refractivity contribution in [2.75, 3.05) is 38.2 Å². The van der Waals surface area contributed by atoms with Gasteiger partial charge < -0.3 is 19.5 Å². The van der Waals surface area contributed by atoms with Crippen molar-refractivity contribution >= 4 is 33.3 Å². The van der Waals surface area contributed by atoms with E-state index in [-0.39, 0.29) is 5.91 Å². The summed E-state index contributed by atoms with van der Waals surface area (Å²) in [6.45, 7) is 4.29. The van der Waals surface area contributed by atoms with Gasteiger partial charge in [0.1, 0.15) is 11.2 Å². The van der Waals surface area contributed by atoms with Gasteiger partial charge in [0, 0.05) is 60.4 Å². The highest BCUT2D eigenvalue weighted by atomic mass is 16.5. The number of para-hydroxylation sites is 1. The number of rotatable bonds is 6. The molecule has 0 spiro atoms. The molecule has 6 nitrogen and oxygen atoms in total. The molecule has 0 bridgehead atoms. The zero-order valence-electron chi connectivity index (χ0n) is 22.8. The summed E-state index contributed by atoms with van der Waals surface area (Å²) in [6, 6.07) is 32.8. The van der Waals surface area contributed by atoms with Crippen LogP contribution in [-0.4, -0.2) is 49.1 Å². The van der Waals surface area contributed by atoms with Gasteiger partial charge in [-0.15, -0.1) is 0 Å². The topological polar surface area (TPSA) is 72.4 Å². The van der Waals surface area contributed by atoms with Crippen molar-refractivity contribution in [1.29, 1.82) is 5.26 Å². The van der Waals surface area contributed by atoms with Gasteiger partial charge in [0.05, 0.1) is 13.2 Å². The van der Waals surface area contributed by atoms with Crippen molar-refractivity contribution in [3.05, 3.63) is 108 Å². The number of ether oxygens (including phenoxy) is 1. The highest BCUT2D eigenvalue weighted by Crippen LogP contribution is 2.47. The first-order chi connectivity index (χ1) is 19.5. The average molecular weight is 529 g/mol. The smallest absolute Gasteiger partial charge is 0.243 e. The molecule has 0 aliphatic carbocycles. The third-order valence-electron chi connectivity index (χ3n) is 8.32. The number of aromatic nitrogens is 1. The van der Waals surface area contributed by atoms with Gasteiger partial charge in [-0.3, -0.25) is 4.79 Å². The predicted molar refractivity (Wildman–Crippen MR) is 160 cm³/mol. The van der Waals surface area contributed by atoms with E-state index < -0.39 is 11.3 Å². The minimum absolute atomic E-state index is 0.154. The Morgan fingerprint density at radius 1 is 0.875 bits per heavy atom. The van der Waals surface area contributed by atoms with Gasteiger partial charge in [0.25, 0.3) is 0 Å². The van der Waals surface area contributed by atoms with Gasteiger partial charge in [-0.05, 0) is 47.5 Å². The first-order valence-corrected chi connectivity index (χ1v) is 13.7. The minimum Gasteiger partial charge on any atom is -0.496 e. The lowest BCUT2D eigenvalue weighted by Crippen LogP contribution is -2.53. The largest absolute Gasteiger partial charge is 0.496 e. The molecule has 1 aliphatic heterocycles. The summed E-state index contributed by atoms with van der Waals surface area (Å²) in [4.78, 5) is 21.9. The van der Waals surface area contributed by atoms with Crippen LogP contribution < -0.4 is 9.64 Å². The van der Waals surface area contributed by atoms with Gasteiger partial charge in [-0.2, -0.15) is 5.26 Å². The Bertz CT molecular complexity index is 1720. The maximum Gasteiger partial charge on any atom is 0.243 e. The number of carbonyl (C=O) groups is 1. The Balaban J connectivity index is 1.37. The Kier molecular flexibility index (Phi) is 6.65. The summed E-state index contributed by atoms with van der Waals surface area (Å²) < 4.78 is 5.77. The molecular formula is C34H32N4O2. The third kappa shape index (κ3) is 4.24. The van der Waals surface area contributed by atoms with Gasteiger partial charge >= 0.3 is 0 Å². The molecule has 1 fully saturated rings. The van der Waals surface area contributed by atoms with E-state index in [1.165, 1.54) is 5.39 Å². The van der Waals surface area contributed by atoms with Crippen LogP contribution in [0.4, 0.5) is 5.69 Å². The molecule has 6 rings (SSSR count). The molecule has 2 atom stereocenters. The molecule has 1 saturated heterocycles. The number of carbonyl (C=O) groups excluding carboxylic acids is 1. The molecule has 0 saturated carbocycles. The fourth-order valence-corrected chi connectivity index (χ4v) is 6.26. The molecule has 0 radical (unpaired) electrons. The van der Waals surface area contributed by atoms with Crippen LogP contribution in [0.5, 0.6) is 5.75 Å². The van der Waals surface area contributed by atoms with E-state index in [1.54, 1.807) is 14.0 Å². The van der Waals surface area contributed by atoms with E-state index in [2.05, 4.69) is 58.4 Å². The second-order valence-electron chi connectivity index (χ2n) is 10.6. The Morgan fingerprint density at radius 2 is 1.57 bits per heavy atom. The quantitative estimate of drug-likeness (QED) is 0.279. The molecular weight excluding hydrogens is 496 g/mol. The van der Waals surface area contributed by atoms with Crippen LogP contribution in [0.3, 0.4) is 0 Å². The molecule has 40 heavy (non-hydrogen) atoms. The first kappa shape index (κ1) is 25.5. The number of hydrogen-bond donors (Lipinski definition) is 1. The van der Waals surface area contributed by atoms with Crippen LogP contribution in [-0.2, 0) is 4.79 Å². The lowest BCUT2D eigenvalue weighted by atomic mass is 9.68. The van der Waals surface area contributed by atoms with Crippen molar-refractivity contribution in [2.45, 2.75) is 12.8 Å². The zero-order chi connectivity index (χ0) is 27.7. The first-order valence-electron chi connectivity index (χ1n) is 13.7.